The van der Waals surface area contributed by atoms with E-state index in [1.54, 1.807) is 12.3 Å². The first-order valence-electron chi connectivity index (χ1n) is 7.70. The van der Waals surface area contributed by atoms with Crippen LogP contribution in [0.25, 0.3) is 10.9 Å². The first-order chi connectivity index (χ1) is 10.0. The summed E-state index contributed by atoms with van der Waals surface area (Å²) in [4.78, 5) is 2.80. The van der Waals surface area contributed by atoms with Crippen LogP contribution < -0.4 is 0 Å². The fourth-order valence-corrected chi connectivity index (χ4v) is 2.75. The van der Waals surface area contributed by atoms with Gasteiger partial charge in [-0.1, -0.05) is 51.2 Å². The highest BCUT2D eigenvalue weighted by atomic mass is 19.4. The molecule has 0 spiro atoms. The van der Waals surface area contributed by atoms with Gasteiger partial charge in [-0.2, -0.15) is 13.2 Å². The zero-order valence-corrected chi connectivity index (χ0v) is 12.4. The van der Waals surface area contributed by atoms with Gasteiger partial charge in [0.15, 0.2) is 0 Å². The minimum atomic E-state index is -4.30. The molecule has 0 atom stereocenters. The monoisotopic (exact) mass is 297 g/mol. The van der Waals surface area contributed by atoms with Crippen molar-refractivity contribution in [2.45, 2.75) is 58.0 Å². The van der Waals surface area contributed by atoms with E-state index in [2.05, 4.69) is 11.9 Å². The molecular weight excluding hydrogens is 275 g/mol. The van der Waals surface area contributed by atoms with Crippen LogP contribution in [0.15, 0.2) is 24.4 Å². The average Bonchev–Trinajstić information content (AvgIpc) is 2.85. The van der Waals surface area contributed by atoms with E-state index in [-0.39, 0.29) is 5.52 Å². The largest absolute Gasteiger partial charge is 0.418 e. The second kappa shape index (κ2) is 7.01. The van der Waals surface area contributed by atoms with Crippen LogP contribution >= 0.6 is 0 Å². The third kappa shape index (κ3) is 4.02. The molecule has 0 amide bonds. The van der Waals surface area contributed by atoms with Crippen molar-refractivity contribution < 1.29 is 13.2 Å². The average molecular weight is 297 g/mol. The van der Waals surface area contributed by atoms with Crippen LogP contribution in [0, 0.1) is 0 Å². The number of hydrogen-bond donors (Lipinski definition) is 1. The lowest BCUT2D eigenvalue weighted by molar-refractivity contribution is -0.136. The lowest BCUT2D eigenvalue weighted by atomic mass is 10.0. The van der Waals surface area contributed by atoms with Crippen LogP contribution in [0.5, 0.6) is 0 Å². The van der Waals surface area contributed by atoms with Crippen LogP contribution in [0.4, 0.5) is 13.2 Å². The molecule has 21 heavy (non-hydrogen) atoms. The minimum Gasteiger partial charge on any atom is -0.360 e. The normalized spacial score (nSPS) is 12.2. The molecule has 1 nitrogen and oxygen atoms in total. The van der Waals surface area contributed by atoms with E-state index in [1.165, 1.54) is 31.7 Å². The third-order valence-corrected chi connectivity index (χ3v) is 3.91. The van der Waals surface area contributed by atoms with Gasteiger partial charge in [0, 0.05) is 11.6 Å². The van der Waals surface area contributed by atoms with Crippen molar-refractivity contribution >= 4 is 10.9 Å². The second-order valence-corrected chi connectivity index (χ2v) is 5.56. The maximum Gasteiger partial charge on any atom is 0.418 e. The van der Waals surface area contributed by atoms with Gasteiger partial charge in [-0.3, -0.25) is 0 Å². The van der Waals surface area contributed by atoms with Crippen molar-refractivity contribution in [1.82, 2.24) is 4.98 Å². The number of aryl methyl sites for hydroxylation is 1. The van der Waals surface area contributed by atoms with Crippen molar-refractivity contribution in [2.24, 2.45) is 0 Å². The van der Waals surface area contributed by atoms with E-state index >= 15 is 0 Å². The molecule has 1 heterocycles. The first kappa shape index (κ1) is 15.9. The predicted octanol–water partition coefficient (Wildman–Crippen LogP) is 6.09. The molecule has 1 aromatic carbocycles. The minimum absolute atomic E-state index is 0.214. The molecule has 0 aliphatic heterocycles. The summed E-state index contributed by atoms with van der Waals surface area (Å²) in [6.07, 6.45) is 5.40. The van der Waals surface area contributed by atoms with Crippen molar-refractivity contribution in [3.05, 3.63) is 35.5 Å². The standard InChI is InChI=1S/C17H22F3N/c1-2-3-4-5-6-7-9-13-12-21-16-14(13)10-8-11-15(16)17(18,19)20/h8,10-12,21H,2-7,9H2,1H3. The van der Waals surface area contributed by atoms with Gasteiger partial charge in [0.1, 0.15) is 0 Å². The number of alkyl halides is 3. The van der Waals surface area contributed by atoms with Gasteiger partial charge in [0.05, 0.1) is 11.1 Å². The molecule has 0 aliphatic carbocycles. The van der Waals surface area contributed by atoms with Gasteiger partial charge >= 0.3 is 6.18 Å². The lowest BCUT2D eigenvalue weighted by Crippen LogP contribution is -2.05. The maximum absolute atomic E-state index is 12.9. The Morgan fingerprint density at radius 3 is 2.43 bits per heavy atom. The number of aromatic amines is 1. The van der Waals surface area contributed by atoms with E-state index < -0.39 is 11.7 Å². The molecule has 4 heteroatoms. The molecule has 0 saturated carbocycles. The summed E-state index contributed by atoms with van der Waals surface area (Å²) in [6, 6.07) is 4.39. The van der Waals surface area contributed by atoms with Crippen LogP contribution in [0.3, 0.4) is 0 Å². The Morgan fingerprint density at radius 2 is 1.71 bits per heavy atom. The Kier molecular flexibility index (Phi) is 5.32. The molecule has 2 rings (SSSR count). The molecule has 0 aliphatic rings. The highest BCUT2D eigenvalue weighted by molar-refractivity contribution is 5.86. The fraction of sp³-hybridized carbons (Fsp3) is 0.529. The van der Waals surface area contributed by atoms with Crippen LogP contribution in [0.1, 0.15) is 56.6 Å². The fourth-order valence-electron chi connectivity index (χ4n) is 2.75. The predicted molar refractivity (Wildman–Crippen MR) is 80.4 cm³/mol. The molecule has 116 valence electrons. The Morgan fingerprint density at radius 1 is 1.00 bits per heavy atom. The number of hydrogen-bond acceptors (Lipinski definition) is 0. The van der Waals surface area contributed by atoms with E-state index in [9.17, 15) is 13.2 Å². The Balaban J connectivity index is 2.02. The zero-order valence-electron chi connectivity index (χ0n) is 12.4. The number of H-pyrrole nitrogens is 1. The Hall–Kier alpha value is -1.45. The second-order valence-electron chi connectivity index (χ2n) is 5.56. The summed E-state index contributed by atoms with van der Waals surface area (Å²) in [6.45, 7) is 2.18. The Bertz CT molecular complexity index is 569. The van der Waals surface area contributed by atoms with Gasteiger partial charge in [-0.15, -0.1) is 0 Å². The van der Waals surface area contributed by atoms with Crippen molar-refractivity contribution in [3.63, 3.8) is 0 Å². The van der Waals surface area contributed by atoms with Crippen LogP contribution in [0.2, 0.25) is 0 Å². The maximum atomic E-state index is 12.9. The Labute approximate surface area is 123 Å². The highest BCUT2D eigenvalue weighted by Gasteiger charge is 2.33. The van der Waals surface area contributed by atoms with E-state index in [4.69, 9.17) is 0 Å². The van der Waals surface area contributed by atoms with E-state index in [1.807, 2.05) is 0 Å². The molecule has 0 radical (unpaired) electrons. The number of nitrogens with one attached hydrogen (secondary N) is 1. The zero-order chi connectivity index (χ0) is 15.3. The third-order valence-electron chi connectivity index (χ3n) is 3.91. The number of rotatable bonds is 7. The molecule has 2 aromatic rings. The number of para-hydroxylation sites is 1. The molecule has 0 fully saturated rings. The van der Waals surface area contributed by atoms with Gasteiger partial charge < -0.3 is 4.98 Å². The number of aromatic nitrogens is 1. The summed E-state index contributed by atoms with van der Waals surface area (Å²) >= 11 is 0. The molecule has 0 unspecified atom stereocenters. The van der Waals surface area contributed by atoms with Crippen molar-refractivity contribution in [2.75, 3.05) is 0 Å². The number of unbranched alkanes of at least 4 members (excludes halogenated alkanes) is 5. The molecular formula is C17H22F3N. The van der Waals surface area contributed by atoms with Crippen LogP contribution in [-0.4, -0.2) is 4.98 Å². The first-order valence-corrected chi connectivity index (χ1v) is 7.70. The summed E-state index contributed by atoms with van der Waals surface area (Å²) in [5.41, 5.74) is 0.631. The van der Waals surface area contributed by atoms with Gasteiger partial charge in [0.25, 0.3) is 0 Å². The molecule has 0 bridgehead atoms. The number of halogens is 3. The summed E-state index contributed by atoms with van der Waals surface area (Å²) in [5.74, 6) is 0. The summed E-state index contributed by atoms with van der Waals surface area (Å²) < 4.78 is 38.8. The van der Waals surface area contributed by atoms with Gasteiger partial charge in [-0.25, -0.2) is 0 Å². The molecule has 0 saturated heterocycles. The van der Waals surface area contributed by atoms with Gasteiger partial charge in [0.2, 0.25) is 0 Å². The molecule has 1 aromatic heterocycles. The summed E-state index contributed by atoms with van der Waals surface area (Å²) in [7, 11) is 0. The van der Waals surface area contributed by atoms with Gasteiger partial charge in [-0.05, 0) is 24.5 Å². The number of fused-ring (bicyclic) bond motifs is 1. The topological polar surface area (TPSA) is 15.8 Å². The van der Waals surface area contributed by atoms with Crippen molar-refractivity contribution in [1.29, 1.82) is 0 Å². The molecule has 1 N–H and O–H groups in total. The summed E-state index contributed by atoms with van der Waals surface area (Å²) in [5, 5.41) is 0.707. The smallest absolute Gasteiger partial charge is 0.360 e. The SMILES string of the molecule is CCCCCCCCc1c[nH]c2c(C(F)(F)F)cccc12. The van der Waals surface area contributed by atoms with Crippen LogP contribution in [-0.2, 0) is 12.6 Å². The lowest BCUT2D eigenvalue weighted by Gasteiger charge is -2.08. The number of benzene rings is 1. The highest BCUT2D eigenvalue weighted by Crippen LogP contribution is 2.35. The quantitative estimate of drug-likeness (QED) is 0.595. The van der Waals surface area contributed by atoms with E-state index in [0.29, 0.717) is 5.39 Å². The van der Waals surface area contributed by atoms with Crippen molar-refractivity contribution in [3.8, 4) is 0 Å². The van der Waals surface area contributed by atoms with E-state index in [0.717, 1.165) is 30.9 Å².